The summed E-state index contributed by atoms with van der Waals surface area (Å²) in [5.74, 6) is 0. The van der Waals surface area contributed by atoms with Crippen molar-refractivity contribution in [3.8, 4) is 0 Å². The first-order valence-electron chi connectivity index (χ1n) is 21.5. The lowest BCUT2D eigenvalue weighted by atomic mass is 10.1. The summed E-state index contributed by atoms with van der Waals surface area (Å²) in [7, 11) is 0. The Morgan fingerprint density at radius 1 is 0.234 bits per heavy atom. The Hall–Kier alpha value is -8.60. The molecule has 0 unspecified atom stereocenters. The molecule has 3 heterocycles. The first-order valence-corrected chi connectivity index (χ1v) is 21.5. The Balaban J connectivity index is 0.823. The largest absolute Gasteiger partial charge is 0.456 e. The molecule has 64 heavy (non-hydrogen) atoms. The van der Waals surface area contributed by atoms with E-state index in [4.69, 9.17) is 13.3 Å². The third-order valence-corrected chi connectivity index (χ3v) is 12.1. The van der Waals surface area contributed by atoms with Crippen LogP contribution >= 0.6 is 0 Å². The van der Waals surface area contributed by atoms with Gasteiger partial charge in [0.05, 0.1) is 0 Å². The van der Waals surface area contributed by atoms with Crippen molar-refractivity contribution in [2.24, 2.45) is 0 Å². The Labute approximate surface area is 369 Å². The molecule has 0 spiro atoms. The third-order valence-electron chi connectivity index (χ3n) is 12.1. The smallest absolute Gasteiger partial charge is 0.136 e. The molecular weight excluding hydrogens is 783 g/mol. The fraction of sp³-hybridized carbons (Fsp3) is 0. The number of para-hydroxylation sites is 3. The standard InChI is InChI=1S/C60H39NO3/c1-4-10-55-49(7-1)52-34-25-43(37-58(52)62-55)16-13-40-19-28-46(29-20-40)61(47-30-21-41(22-31-47)14-17-44-26-35-53-50-8-2-5-11-56(50)63-59(53)38-44)48-32-23-42(24-33-48)15-18-45-27-36-54-51-9-3-6-12-57(51)64-60(54)39-45/h1-39H/b16-13+,17-14+,18-15+. The lowest BCUT2D eigenvalue weighted by Crippen LogP contribution is -2.09. The van der Waals surface area contributed by atoms with Crippen molar-refractivity contribution >= 4 is 119 Å². The topological polar surface area (TPSA) is 42.7 Å². The molecule has 12 rings (SSSR count). The maximum Gasteiger partial charge on any atom is 0.136 e. The van der Waals surface area contributed by atoms with Crippen LogP contribution in [0.15, 0.2) is 213 Å². The Morgan fingerprint density at radius 3 is 0.797 bits per heavy atom. The number of furan rings is 3. The van der Waals surface area contributed by atoms with E-state index >= 15 is 0 Å². The van der Waals surface area contributed by atoms with E-state index in [1.807, 2.05) is 36.4 Å². The normalized spacial score (nSPS) is 12.2. The van der Waals surface area contributed by atoms with Crippen molar-refractivity contribution in [2.45, 2.75) is 0 Å². The lowest BCUT2D eigenvalue weighted by Gasteiger charge is -2.26. The molecule has 4 heteroatoms. The van der Waals surface area contributed by atoms with E-state index in [9.17, 15) is 0 Å². The maximum absolute atomic E-state index is 6.15. The highest BCUT2D eigenvalue weighted by molar-refractivity contribution is 6.07. The number of hydrogen-bond donors (Lipinski definition) is 0. The van der Waals surface area contributed by atoms with Crippen LogP contribution in [0.1, 0.15) is 33.4 Å². The summed E-state index contributed by atoms with van der Waals surface area (Å²) in [6.45, 7) is 0. The molecule has 9 aromatic carbocycles. The fourth-order valence-electron chi connectivity index (χ4n) is 8.77. The van der Waals surface area contributed by atoms with Crippen LogP contribution in [0.3, 0.4) is 0 Å². The van der Waals surface area contributed by atoms with Crippen LogP contribution in [-0.4, -0.2) is 0 Å². The minimum Gasteiger partial charge on any atom is -0.456 e. The van der Waals surface area contributed by atoms with E-state index < -0.39 is 0 Å². The summed E-state index contributed by atoms with van der Waals surface area (Å²) in [5, 5.41) is 6.81. The maximum atomic E-state index is 6.15. The van der Waals surface area contributed by atoms with Crippen LogP contribution in [0.2, 0.25) is 0 Å². The summed E-state index contributed by atoms with van der Waals surface area (Å²) in [6.07, 6.45) is 12.9. The van der Waals surface area contributed by atoms with E-state index in [1.54, 1.807) is 0 Å². The van der Waals surface area contributed by atoms with Crippen LogP contribution in [0.4, 0.5) is 17.1 Å². The molecule has 12 aromatic rings. The molecule has 3 aromatic heterocycles. The number of rotatable bonds is 9. The number of anilines is 3. The highest BCUT2D eigenvalue weighted by atomic mass is 16.3. The average molecular weight is 822 g/mol. The Kier molecular flexibility index (Phi) is 9.12. The van der Waals surface area contributed by atoms with E-state index in [0.29, 0.717) is 0 Å². The van der Waals surface area contributed by atoms with Gasteiger partial charge in [-0.2, -0.15) is 0 Å². The predicted molar refractivity (Wildman–Crippen MR) is 269 cm³/mol. The van der Waals surface area contributed by atoms with Crippen molar-refractivity contribution in [2.75, 3.05) is 4.90 Å². The monoisotopic (exact) mass is 821 g/mol. The van der Waals surface area contributed by atoms with Gasteiger partial charge in [0, 0.05) is 49.4 Å². The highest BCUT2D eigenvalue weighted by Crippen LogP contribution is 2.37. The second-order valence-electron chi connectivity index (χ2n) is 16.2. The molecule has 0 aliphatic rings. The molecule has 0 saturated heterocycles. The highest BCUT2D eigenvalue weighted by Gasteiger charge is 2.14. The zero-order valence-corrected chi connectivity index (χ0v) is 34.7. The van der Waals surface area contributed by atoms with Gasteiger partial charge in [0.25, 0.3) is 0 Å². The first kappa shape index (κ1) is 37.2. The zero-order valence-electron chi connectivity index (χ0n) is 34.7. The van der Waals surface area contributed by atoms with E-state index in [2.05, 4.69) is 205 Å². The summed E-state index contributed by atoms with van der Waals surface area (Å²) in [6, 6.07) is 69.9. The van der Waals surface area contributed by atoms with Crippen LogP contribution < -0.4 is 4.90 Å². The van der Waals surface area contributed by atoms with Gasteiger partial charge in [0.2, 0.25) is 0 Å². The molecular formula is C60H39NO3. The minimum absolute atomic E-state index is 0.894. The summed E-state index contributed by atoms with van der Waals surface area (Å²) in [4.78, 5) is 2.30. The quantitative estimate of drug-likeness (QED) is 0.136. The molecule has 0 amide bonds. The third kappa shape index (κ3) is 7.03. The van der Waals surface area contributed by atoms with Gasteiger partial charge < -0.3 is 18.2 Å². The van der Waals surface area contributed by atoms with Crippen LogP contribution in [0.25, 0.3) is 102 Å². The lowest BCUT2D eigenvalue weighted by molar-refractivity contribution is 0.668. The molecule has 0 atom stereocenters. The van der Waals surface area contributed by atoms with Gasteiger partial charge in [0.15, 0.2) is 0 Å². The van der Waals surface area contributed by atoms with Crippen molar-refractivity contribution in [1.29, 1.82) is 0 Å². The first-order chi connectivity index (χ1) is 31.6. The minimum atomic E-state index is 0.894. The number of fused-ring (bicyclic) bond motifs is 9. The molecule has 0 radical (unpaired) electrons. The van der Waals surface area contributed by atoms with Crippen LogP contribution in [0, 0.1) is 0 Å². The van der Waals surface area contributed by atoms with Gasteiger partial charge in [-0.3, -0.25) is 0 Å². The Morgan fingerprint density at radius 2 is 0.484 bits per heavy atom. The van der Waals surface area contributed by atoms with Crippen LogP contribution in [-0.2, 0) is 0 Å². The second-order valence-corrected chi connectivity index (χ2v) is 16.2. The Bertz CT molecular complexity index is 3370. The number of hydrogen-bond acceptors (Lipinski definition) is 4. The molecule has 0 aliphatic carbocycles. The van der Waals surface area contributed by atoms with Crippen molar-refractivity contribution < 1.29 is 13.3 Å². The molecule has 0 fully saturated rings. The van der Waals surface area contributed by atoms with Crippen molar-refractivity contribution in [1.82, 2.24) is 0 Å². The van der Waals surface area contributed by atoms with E-state index in [1.165, 1.54) is 0 Å². The van der Waals surface area contributed by atoms with Gasteiger partial charge >= 0.3 is 0 Å². The summed E-state index contributed by atoms with van der Waals surface area (Å²) < 4.78 is 18.4. The van der Waals surface area contributed by atoms with Gasteiger partial charge in [-0.25, -0.2) is 0 Å². The van der Waals surface area contributed by atoms with Gasteiger partial charge in [-0.05, 0) is 124 Å². The van der Waals surface area contributed by atoms with E-state index in [0.717, 1.165) is 116 Å². The molecule has 0 N–H and O–H groups in total. The van der Waals surface area contributed by atoms with Crippen molar-refractivity contribution in [3.63, 3.8) is 0 Å². The van der Waals surface area contributed by atoms with Crippen LogP contribution in [0.5, 0.6) is 0 Å². The molecule has 0 aliphatic heterocycles. The molecule has 302 valence electrons. The van der Waals surface area contributed by atoms with Gasteiger partial charge in [0.1, 0.15) is 33.5 Å². The van der Waals surface area contributed by atoms with Gasteiger partial charge in [-0.1, -0.05) is 146 Å². The summed E-state index contributed by atoms with van der Waals surface area (Å²) in [5.41, 5.74) is 15.2. The average Bonchev–Trinajstić information content (AvgIpc) is 4.04. The summed E-state index contributed by atoms with van der Waals surface area (Å²) >= 11 is 0. The number of benzene rings is 9. The zero-order chi connectivity index (χ0) is 42.4. The van der Waals surface area contributed by atoms with Gasteiger partial charge in [-0.15, -0.1) is 0 Å². The molecule has 0 bridgehead atoms. The molecule has 4 nitrogen and oxygen atoms in total. The molecule has 0 saturated carbocycles. The SMILES string of the molecule is C(=C\c1ccc2c(c1)oc1ccccc12)/c1ccc(N(c2ccc(/C=C/c3ccc4c(c3)oc3ccccc34)cc2)c2ccc(/C=C/c3ccc4c(c3)oc3ccccc34)cc2)cc1. The predicted octanol–water partition coefficient (Wildman–Crippen LogP) is 17.4. The van der Waals surface area contributed by atoms with E-state index in [-0.39, 0.29) is 0 Å². The number of nitrogens with zero attached hydrogens (tertiary/aromatic N) is 1. The fourth-order valence-corrected chi connectivity index (χ4v) is 8.77. The van der Waals surface area contributed by atoms with Crippen molar-refractivity contribution in [3.05, 3.63) is 234 Å². The second kappa shape index (κ2) is 15.7.